The molecule has 142 valence electrons. The normalized spacial score (nSPS) is 20.6. The van der Waals surface area contributed by atoms with E-state index >= 15 is 0 Å². The molecule has 0 aliphatic heterocycles. The fourth-order valence-electron chi connectivity index (χ4n) is 3.29. The van der Waals surface area contributed by atoms with Crippen LogP contribution in [0.3, 0.4) is 0 Å². The minimum Gasteiger partial charge on any atom is -0.413 e. The third kappa shape index (κ3) is 3.22. The maximum absolute atomic E-state index is 13.8. The molecule has 1 aliphatic rings. The highest BCUT2D eigenvalue weighted by molar-refractivity contribution is 6.25. The molecule has 0 aromatic heterocycles. The number of carbonyl (C=O) groups is 2. The van der Waals surface area contributed by atoms with Crippen LogP contribution < -0.4 is 0 Å². The van der Waals surface area contributed by atoms with Crippen molar-refractivity contribution in [3.63, 3.8) is 0 Å². The molecule has 1 atom stereocenters. The first-order valence-corrected chi connectivity index (χ1v) is 8.11. The lowest BCUT2D eigenvalue weighted by Crippen LogP contribution is -2.38. The van der Waals surface area contributed by atoms with Gasteiger partial charge in [0.1, 0.15) is 11.2 Å². The van der Waals surface area contributed by atoms with Crippen LogP contribution in [0.15, 0.2) is 17.9 Å². The molecule has 0 bridgehead atoms. The molecular weight excluding hydrogens is 347 g/mol. The summed E-state index contributed by atoms with van der Waals surface area (Å²) in [6, 6.07) is 3.58. The van der Waals surface area contributed by atoms with Crippen molar-refractivity contribution in [1.29, 1.82) is 0 Å². The molecule has 4 nitrogen and oxygen atoms in total. The number of carbonyl (C=O) groups excluding carboxylic acids is 2. The van der Waals surface area contributed by atoms with E-state index in [4.69, 9.17) is 4.74 Å². The zero-order valence-electron chi connectivity index (χ0n) is 15.7. The molecule has 1 aromatic rings. The molecule has 0 radical (unpaired) electrons. The Morgan fingerprint density at radius 1 is 1.15 bits per heavy atom. The molecule has 2 rings (SSSR count). The van der Waals surface area contributed by atoms with Crippen LogP contribution in [0.2, 0.25) is 0 Å². The van der Waals surface area contributed by atoms with E-state index in [-0.39, 0.29) is 5.57 Å². The number of alkyl halides is 3. The quantitative estimate of drug-likeness (QED) is 0.768. The van der Waals surface area contributed by atoms with E-state index in [1.54, 1.807) is 26.0 Å². The highest BCUT2D eigenvalue weighted by atomic mass is 19.4. The predicted octanol–water partition coefficient (Wildman–Crippen LogP) is 4.56. The Bertz CT molecular complexity index is 786. The van der Waals surface area contributed by atoms with Crippen LogP contribution in [-0.2, 0) is 9.53 Å². The average molecular weight is 369 g/mol. The number of hydrogen-bond acceptors (Lipinski definition) is 3. The van der Waals surface area contributed by atoms with Crippen LogP contribution >= 0.6 is 0 Å². The molecule has 7 heteroatoms. The first-order chi connectivity index (χ1) is 11.8. The second-order valence-corrected chi connectivity index (χ2v) is 7.17. The number of hydrogen-bond donors (Lipinski definition) is 0. The van der Waals surface area contributed by atoms with Crippen LogP contribution in [0.5, 0.6) is 0 Å². The molecule has 0 saturated carbocycles. The number of nitrogens with zero attached hydrogens (tertiary/aromatic N) is 1. The van der Waals surface area contributed by atoms with Gasteiger partial charge in [0.25, 0.3) is 0 Å². The van der Waals surface area contributed by atoms with Crippen LogP contribution in [0, 0.1) is 26.2 Å². The second kappa shape index (κ2) is 6.45. The van der Waals surface area contributed by atoms with Gasteiger partial charge in [-0.05, 0) is 44.4 Å². The van der Waals surface area contributed by atoms with Crippen molar-refractivity contribution in [2.45, 2.75) is 40.3 Å². The Labute approximate surface area is 150 Å². The van der Waals surface area contributed by atoms with Crippen molar-refractivity contribution >= 4 is 17.4 Å². The van der Waals surface area contributed by atoms with Crippen LogP contribution in [-0.4, -0.2) is 37.0 Å². The van der Waals surface area contributed by atoms with E-state index in [0.29, 0.717) is 16.7 Å². The smallest absolute Gasteiger partial charge is 0.413 e. The third-order valence-electron chi connectivity index (χ3n) is 4.63. The van der Waals surface area contributed by atoms with Gasteiger partial charge in [0.2, 0.25) is 0 Å². The summed E-state index contributed by atoms with van der Waals surface area (Å²) in [5, 5.41) is 0. The fourth-order valence-corrected chi connectivity index (χ4v) is 3.29. The number of ether oxygens (including phenoxy) is 1. The summed E-state index contributed by atoms with van der Waals surface area (Å²) in [6.45, 7) is 6.21. The van der Waals surface area contributed by atoms with E-state index in [1.807, 2.05) is 6.92 Å². The largest absolute Gasteiger partial charge is 0.414 e. The van der Waals surface area contributed by atoms with Crippen molar-refractivity contribution < 1.29 is 27.5 Å². The van der Waals surface area contributed by atoms with Gasteiger partial charge in [-0.1, -0.05) is 17.7 Å². The summed E-state index contributed by atoms with van der Waals surface area (Å²) in [6.07, 6.45) is -6.47. The summed E-state index contributed by atoms with van der Waals surface area (Å²) >= 11 is 0. The van der Waals surface area contributed by atoms with E-state index in [2.05, 4.69) is 0 Å². The molecule has 26 heavy (non-hydrogen) atoms. The predicted molar refractivity (Wildman–Crippen MR) is 91.5 cm³/mol. The molecule has 1 aliphatic carbocycles. The maximum atomic E-state index is 13.8. The number of amides is 1. The Hall–Kier alpha value is -2.31. The number of halogens is 3. The van der Waals surface area contributed by atoms with E-state index < -0.39 is 35.6 Å². The lowest BCUT2D eigenvalue weighted by molar-refractivity contribution is -0.211. The van der Waals surface area contributed by atoms with Gasteiger partial charge in [-0.25, -0.2) is 4.79 Å². The lowest BCUT2D eigenvalue weighted by Gasteiger charge is -2.29. The van der Waals surface area contributed by atoms with E-state index in [0.717, 1.165) is 17.4 Å². The first-order valence-electron chi connectivity index (χ1n) is 8.11. The van der Waals surface area contributed by atoms with Crippen molar-refractivity contribution in [1.82, 2.24) is 4.90 Å². The van der Waals surface area contributed by atoms with Crippen molar-refractivity contribution in [2.75, 3.05) is 14.1 Å². The van der Waals surface area contributed by atoms with Gasteiger partial charge in [0.15, 0.2) is 5.78 Å². The lowest BCUT2D eigenvalue weighted by atomic mass is 9.87. The molecular formula is C19H22F3NO3. The average Bonchev–Trinajstić information content (AvgIpc) is 2.70. The van der Waals surface area contributed by atoms with Gasteiger partial charge in [0.05, 0.1) is 5.57 Å². The minimum atomic E-state index is -4.74. The molecule has 0 spiro atoms. The highest BCUT2D eigenvalue weighted by Gasteiger charge is 2.61. The molecule has 1 unspecified atom stereocenters. The molecule has 1 aromatic carbocycles. The standard InChI is InChI=1S/C19H22F3NO3/c1-10-7-11(2)14(12(3)8-10)15-13(24)9-18(4,19(20,21)22)16(15)26-17(25)23(5)6/h7-8H,9H2,1-6H3. The monoisotopic (exact) mass is 369 g/mol. The van der Waals surface area contributed by atoms with E-state index in [9.17, 15) is 22.8 Å². The summed E-state index contributed by atoms with van der Waals surface area (Å²) < 4.78 is 46.5. The number of allylic oxidation sites excluding steroid dienone is 2. The number of aryl methyl sites for hydroxylation is 3. The zero-order chi connectivity index (χ0) is 20.0. The van der Waals surface area contributed by atoms with Gasteiger partial charge < -0.3 is 9.64 Å². The number of benzene rings is 1. The second-order valence-electron chi connectivity index (χ2n) is 7.17. The summed E-state index contributed by atoms with van der Waals surface area (Å²) in [4.78, 5) is 25.7. The molecule has 0 saturated heterocycles. The van der Waals surface area contributed by atoms with Gasteiger partial charge in [-0.3, -0.25) is 4.79 Å². The van der Waals surface area contributed by atoms with Crippen molar-refractivity contribution in [2.24, 2.45) is 5.41 Å². The molecule has 0 fully saturated rings. The maximum Gasteiger partial charge on any atom is 0.414 e. The Kier molecular flexibility index (Phi) is 4.96. The van der Waals surface area contributed by atoms with Gasteiger partial charge >= 0.3 is 12.3 Å². The molecule has 0 N–H and O–H groups in total. The Balaban J connectivity index is 2.80. The van der Waals surface area contributed by atoms with Gasteiger partial charge in [-0.15, -0.1) is 0 Å². The number of Topliss-reactive ketones (excluding diaryl/α,β-unsaturated/α-hetero) is 1. The molecule has 0 heterocycles. The van der Waals surface area contributed by atoms with Crippen LogP contribution in [0.4, 0.5) is 18.0 Å². The highest BCUT2D eigenvalue weighted by Crippen LogP contribution is 2.55. The number of rotatable bonds is 2. The summed E-state index contributed by atoms with van der Waals surface area (Å²) in [7, 11) is 2.74. The van der Waals surface area contributed by atoms with Crippen LogP contribution in [0.1, 0.15) is 35.6 Å². The summed E-state index contributed by atoms with van der Waals surface area (Å²) in [5.41, 5.74) is -0.0498. The minimum absolute atomic E-state index is 0.157. The van der Waals surface area contributed by atoms with Gasteiger partial charge in [0, 0.05) is 20.5 Å². The van der Waals surface area contributed by atoms with Gasteiger partial charge in [-0.2, -0.15) is 13.2 Å². The third-order valence-corrected chi connectivity index (χ3v) is 4.63. The first kappa shape index (κ1) is 20.0. The summed E-state index contributed by atoms with van der Waals surface area (Å²) in [5.74, 6) is -1.30. The van der Waals surface area contributed by atoms with Crippen molar-refractivity contribution in [3.05, 3.63) is 40.1 Å². The van der Waals surface area contributed by atoms with E-state index in [1.165, 1.54) is 14.1 Å². The van der Waals surface area contributed by atoms with Crippen LogP contribution in [0.25, 0.3) is 5.57 Å². The topological polar surface area (TPSA) is 46.6 Å². The zero-order valence-corrected chi connectivity index (χ0v) is 15.7. The Morgan fingerprint density at radius 3 is 2.08 bits per heavy atom. The SMILES string of the molecule is Cc1cc(C)c(C2=C(OC(=O)N(C)C)C(C)(C(F)(F)F)CC2=O)c(C)c1. The fraction of sp³-hybridized carbons (Fsp3) is 0.474. The Morgan fingerprint density at radius 2 is 1.65 bits per heavy atom. The number of ketones is 1. The molecule has 1 amide bonds. The van der Waals surface area contributed by atoms with Crippen molar-refractivity contribution in [3.8, 4) is 0 Å².